The highest BCUT2D eigenvalue weighted by molar-refractivity contribution is 7.90. The summed E-state index contributed by atoms with van der Waals surface area (Å²) in [4.78, 5) is 0.157. The van der Waals surface area contributed by atoms with Crippen molar-refractivity contribution in [2.45, 2.75) is 36.6 Å². The van der Waals surface area contributed by atoms with Crippen LogP contribution in [0.15, 0.2) is 40.1 Å². The Hall–Kier alpha value is -1.12. The number of halogens is 2. The van der Waals surface area contributed by atoms with Crippen molar-refractivity contribution in [3.63, 3.8) is 0 Å². The standard InChI is InChI=1S/C18H21Cl2NO4S2/c1-11-10-16(19)12(2)18(17(11)20)27(24,25)21(4)13(3)14-6-8-15(9-7-14)26(5,22)23/h6-10,13H,1-5H3/t13-/m1/s1. The van der Waals surface area contributed by atoms with Gasteiger partial charge < -0.3 is 0 Å². The Morgan fingerprint density at radius 3 is 2.00 bits per heavy atom. The molecule has 0 fully saturated rings. The molecule has 2 aromatic rings. The molecule has 0 saturated heterocycles. The fourth-order valence-corrected chi connectivity index (χ4v) is 5.82. The molecule has 2 rings (SSSR count). The van der Waals surface area contributed by atoms with Gasteiger partial charge in [0.15, 0.2) is 9.84 Å². The van der Waals surface area contributed by atoms with Crippen LogP contribution in [0.25, 0.3) is 0 Å². The second-order valence-corrected chi connectivity index (χ2v) is 11.2. The Morgan fingerprint density at radius 1 is 1.00 bits per heavy atom. The van der Waals surface area contributed by atoms with Gasteiger partial charge in [-0.05, 0) is 55.7 Å². The average molecular weight is 450 g/mol. The van der Waals surface area contributed by atoms with Crippen LogP contribution in [-0.2, 0) is 19.9 Å². The lowest BCUT2D eigenvalue weighted by Gasteiger charge is -2.26. The number of rotatable bonds is 5. The quantitative estimate of drug-likeness (QED) is 0.677. The molecule has 9 heteroatoms. The highest BCUT2D eigenvalue weighted by Crippen LogP contribution is 2.37. The molecule has 27 heavy (non-hydrogen) atoms. The molecule has 0 unspecified atom stereocenters. The van der Waals surface area contributed by atoms with E-state index in [0.717, 1.165) is 6.26 Å². The van der Waals surface area contributed by atoms with Crippen LogP contribution in [0.5, 0.6) is 0 Å². The highest BCUT2D eigenvalue weighted by atomic mass is 35.5. The zero-order valence-corrected chi connectivity index (χ0v) is 18.8. The molecule has 0 saturated carbocycles. The lowest BCUT2D eigenvalue weighted by molar-refractivity contribution is 0.398. The van der Waals surface area contributed by atoms with Crippen LogP contribution in [0.2, 0.25) is 10.0 Å². The van der Waals surface area contributed by atoms with Gasteiger partial charge in [-0.2, -0.15) is 4.31 Å². The third kappa shape index (κ3) is 4.32. The number of nitrogens with zero attached hydrogens (tertiary/aromatic N) is 1. The van der Waals surface area contributed by atoms with Crippen LogP contribution in [0.4, 0.5) is 0 Å². The van der Waals surface area contributed by atoms with Crippen LogP contribution in [-0.4, -0.2) is 34.4 Å². The van der Waals surface area contributed by atoms with E-state index in [1.54, 1.807) is 39.0 Å². The van der Waals surface area contributed by atoms with E-state index < -0.39 is 25.9 Å². The summed E-state index contributed by atoms with van der Waals surface area (Å²) in [6.45, 7) is 5.02. The van der Waals surface area contributed by atoms with E-state index in [2.05, 4.69) is 0 Å². The number of benzene rings is 2. The summed E-state index contributed by atoms with van der Waals surface area (Å²) in [5.41, 5.74) is 1.61. The zero-order chi connectivity index (χ0) is 20.7. The molecule has 1 atom stereocenters. The topological polar surface area (TPSA) is 71.5 Å². The summed E-state index contributed by atoms with van der Waals surface area (Å²) < 4.78 is 50.8. The van der Waals surface area contributed by atoms with Crippen molar-refractivity contribution >= 4 is 43.1 Å². The molecule has 5 nitrogen and oxygen atoms in total. The monoisotopic (exact) mass is 449 g/mol. The first-order valence-corrected chi connectivity index (χ1v) is 12.1. The molecule has 0 spiro atoms. The predicted molar refractivity (Wildman–Crippen MR) is 109 cm³/mol. The van der Waals surface area contributed by atoms with E-state index >= 15 is 0 Å². The number of sulfonamides is 1. The Kier molecular flexibility index (Phi) is 6.34. The average Bonchev–Trinajstić information content (AvgIpc) is 2.58. The van der Waals surface area contributed by atoms with Crippen LogP contribution in [0, 0.1) is 13.8 Å². The molecule has 0 radical (unpaired) electrons. The van der Waals surface area contributed by atoms with Gasteiger partial charge in [0.2, 0.25) is 10.0 Å². The molecule has 0 amide bonds. The first kappa shape index (κ1) is 22.2. The molecular weight excluding hydrogens is 429 g/mol. The van der Waals surface area contributed by atoms with Crippen molar-refractivity contribution in [1.82, 2.24) is 4.31 Å². The van der Waals surface area contributed by atoms with Gasteiger partial charge in [-0.1, -0.05) is 35.3 Å². The van der Waals surface area contributed by atoms with Gasteiger partial charge in [-0.3, -0.25) is 0 Å². The van der Waals surface area contributed by atoms with Crippen LogP contribution in [0.1, 0.15) is 29.7 Å². The molecule has 2 aromatic carbocycles. The highest BCUT2D eigenvalue weighted by Gasteiger charge is 2.31. The molecule has 148 valence electrons. The van der Waals surface area contributed by atoms with Gasteiger partial charge in [-0.15, -0.1) is 0 Å². The SMILES string of the molecule is Cc1cc(Cl)c(C)c(S(=O)(=O)N(C)[C@H](C)c2ccc(S(C)(=O)=O)cc2)c1Cl. The number of sulfone groups is 1. The van der Waals surface area contributed by atoms with Gasteiger partial charge in [0.1, 0.15) is 4.90 Å². The Balaban J connectivity index is 2.49. The lowest BCUT2D eigenvalue weighted by atomic mass is 10.1. The Bertz CT molecular complexity index is 1050. The van der Waals surface area contributed by atoms with E-state index in [4.69, 9.17) is 23.2 Å². The van der Waals surface area contributed by atoms with Crippen LogP contribution in [0.3, 0.4) is 0 Å². The van der Waals surface area contributed by atoms with Crippen molar-refractivity contribution < 1.29 is 16.8 Å². The molecule has 0 bridgehead atoms. The smallest absolute Gasteiger partial charge is 0.224 e. The van der Waals surface area contributed by atoms with E-state index in [0.29, 0.717) is 21.7 Å². The summed E-state index contributed by atoms with van der Waals surface area (Å²) >= 11 is 12.4. The molecule has 0 aliphatic heterocycles. The van der Waals surface area contributed by atoms with Crippen LogP contribution >= 0.6 is 23.2 Å². The zero-order valence-electron chi connectivity index (χ0n) is 15.6. The summed E-state index contributed by atoms with van der Waals surface area (Å²) in [5, 5.41) is 0.470. The van der Waals surface area contributed by atoms with Crippen molar-refractivity contribution in [3.05, 3.63) is 57.1 Å². The molecule has 0 aliphatic carbocycles. The Morgan fingerprint density at radius 2 is 1.52 bits per heavy atom. The third-order valence-electron chi connectivity index (χ3n) is 4.56. The first-order chi connectivity index (χ1) is 12.3. The van der Waals surface area contributed by atoms with Crippen molar-refractivity contribution in [2.24, 2.45) is 0 Å². The van der Waals surface area contributed by atoms with E-state index in [9.17, 15) is 16.8 Å². The van der Waals surface area contributed by atoms with Crippen molar-refractivity contribution in [2.75, 3.05) is 13.3 Å². The van der Waals surface area contributed by atoms with Gasteiger partial charge in [0.05, 0.1) is 9.92 Å². The van der Waals surface area contributed by atoms with Gasteiger partial charge >= 0.3 is 0 Å². The normalized spacial score (nSPS) is 13.8. The third-order valence-corrected chi connectivity index (χ3v) is 8.78. The van der Waals surface area contributed by atoms with Gasteiger partial charge in [0, 0.05) is 24.4 Å². The maximum atomic E-state index is 13.2. The number of hydrogen-bond donors (Lipinski definition) is 0. The predicted octanol–water partition coefficient (Wildman–Crippen LogP) is 4.40. The first-order valence-electron chi connectivity index (χ1n) is 8.01. The summed E-state index contributed by atoms with van der Waals surface area (Å²) in [6.07, 6.45) is 1.12. The minimum absolute atomic E-state index is 0.0173. The molecule has 0 aromatic heterocycles. The van der Waals surface area contributed by atoms with Crippen molar-refractivity contribution in [1.29, 1.82) is 0 Å². The van der Waals surface area contributed by atoms with E-state index in [1.165, 1.54) is 23.5 Å². The molecule has 0 aliphatic rings. The second kappa shape index (κ2) is 7.72. The minimum Gasteiger partial charge on any atom is -0.224 e. The number of aryl methyl sites for hydroxylation is 1. The van der Waals surface area contributed by atoms with Gasteiger partial charge in [-0.25, -0.2) is 16.8 Å². The van der Waals surface area contributed by atoms with E-state index in [1.807, 2.05) is 0 Å². The maximum Gasteiger partial charge on any atom is 0.245 e. The maximum absolute atomic E-state index is 13.2. The van der Waals surface area contributed by atoms with Crippen molar-refractivity contribution in [3.8, 4) is 0 Å². The minimum atomic E-state index is -3.93. The van der Waals surface area contributed by atoms with E-state index in [-0.39, 0.29) is 14.8 Å². The summed E-state index contributed by atoms with van der Waals surface area (Å²) in [5.74, 6) is 0. The molecule has 0 heterocycles. The molecule has 0 N–H and O–H groups in total. The van der Waals surface area contributed by atoms with Gasteiger partial charge in [0.25, 0.3) is 0 Å². The second-order valence-electron chi connectivity index (χ2n) is 6.48. The molecular formula is C18H21Cl2NO4S2. The Labute approximate surface area is 170 Å². The largest absolute Gasteiger partial charge is 0.245 e. The fourth-order valence-electron chi connectivity index (χ4n) is 2.68. The number of hydrogen-bond acceptors (Lipinski definition) is 4. The lowest BCUT2D eigenvalue weighted by Crippen LogP contribution is -2.30. The summed E-state index contributed by atoms with van der Waals surface area (Å²) in [7, 11) is -5.80. The summed E-state index contributed by atoms with van der Waals surface area (Å²) in [6, 6.07) is 7.21. The fraction of sp³-hybridized carbons (Fsp3) is 0.333. The van der Waals surface area contributed by atoms with Crippen LogP contribution < -0.4 is 0 Å².